The van der Waals surface area contributed by atoms with Gasteiger partial charge in [-0.3, -0.25) is 10.4 Å². The van der Waals surface area contributed by atoms with Crippen molar-refractivity contribution < 1.29 is 4.74 Å². The van der Waals surface area contributed by atoms with E-state index in [0.717, 1.165) is 11.3 Å². The fourth-order valence-electron chi connectivity index (χ4n) is 1.21. The molecule has 0 amide bonds. The number of methoxy groups -OCH3 is 1. The third-order valence-electron chi connectivity index (χ3n) is 2.09. The number of hydrogen-bond acceptors (Lipinski definition) is 3. The van der Waals surface area contributed by atoms with Crippen LogP contribution in [0, 0.1) is 6.92 Å². The van der Waals surface area contributed by atoms with E-state index in [1.165, 1.54) is 0 Å². The molecule has 0 aliphatic heterocycles. The summed E-state index contributed by atoms with van der Waals surface area (Å²) >= 11 is 5.99. The summed E-state index contributed by atoms with van der Waals surface area (Å²) in [5.41, 5.74) is 4.13. The molecule has 0 spiro atoms. The van der Waals surface area contributed by atoms with E-state index in [-0.39, 0.29) is 0 Å². The predicted molar refractivity (Wildman–Crippen MR) is 67.0 cm³/mol. The van der Waals surface area contributed by atoms with Gasteiger partial charge in [-0.05, 0) is 18.6 Å². The molecule has 0 aliphatic carbocycles. The average Bonchev–Trinajstić information content (AvgIpc) is 2.29. The Labute approximate surface area is 99.6 Å². The zero-order chi connectivity index (χ0) is 12.1. The normalized spacial score (nSPS) is 11.2. The molecular formula is C10H15ClN4O. The number of nitrogens with two attached hydrogens (primary N) is 1. The van der Waals surface area contributed by atoms with Crippen molar-refractivity contribution in [2.75, 3.05) is 19.5 Å². The molecule has 0 bridgehead atoms. The molecule has 0 unspecified atom stereocenters. The predicted octanol–water partition coefficient (Wildman–Crippen LogP) is 1.52. The van der Waals surface area contributed by atoms with Gasteiger partial charge in [-0.2, -0.15) is 0 Å². The SMILES string of the molecule is CN=C(NN)Nc1cc(C)c(Cl)cc1OC. The molecule has 0 atom stereocenters. The topological polar surface area (TPSA) is 71.7 Å². The first kappa shape index (κ1) is 12.6. The highest BCUT2D eigenvalue weighted by Crippen LogP contribution is 2.30. The smallest absolute Gasteiger partial charge is 0.210 e. The second-order valence-electron chi connectivity index (χ2n) is 3.14. The van der Waals surface area contributed by atoms with Gasteiger partial charge >= 0.3 is 0 Å². The number of aliphatic imine (C=N–C) groups is 1. The standard InChI is InChI=1S/C10H15ClN4O/c1-6-4-8(14-10(13-2)15-12)9(16-3)5-7(6)11/h4-5H,12H2,1-3H3,(H2,13,14,15). The number of nitrogens with one attached hydrogen (secondary N) is 2. The number of rotatable bonds is 2. The van der Waals surface area contributed by atoms with Crippen LogP contribution in [0.15, 0.2) is 17.1 Å². The minimum Gasteiger partial charge on any atom is -0.495 e. The van der Waals surface area contributed by atoms with Crippen LogP contribution in [0.4, 0.5) is 5.69 Å². The van der Waals surface area contributed by atoms with Gasteiger partial charge in [0.25, 0.3) is 0 Å². The van der Waals surface area contributed by atoms with Crippen LogP contribution >= 0.6 is 11.6 Å². The van der Waals surface area contributed by atoms with Crippen molar-refractivity contribution in [1.82, 2.24) is 5.43 Å². The lowest BCUT2D eigenvalue weighted by Gasteiger charge is -2.13. The number of hydrogen-bond donors (Lipinski definition) is 3. The number of aryl methyl sites for hydroxylation is 1. The van der Waals surface area contributed by atoms with E-state index in [9.17, 15) is 0 Å². The van der Waals surface area contributed by atoms with E-state index in [4.69, 9.17) is 22.2 Å². The van der Waals surface area contributed by atoms with Crippen LogP contribution in [0.5, 0.6) is 5.75 Å². The van der Waals surface area contributed by atoms with Crippen LogP contribution in [0.1, 0.15) is 5.56 Å². The largest absolute Gasteiger partial charge is 0.495 e. The summed E-state index contributed by atoms with van der Waals surface area (Å²) in [6, 6.07) is 3.60. The molecular weight excluding hydrogens is 228 g/mol. The van der Waals surface area contributed by atoms with Crippen molar-refractivity contribution in [2.45, 2.75) is 6.92 Å². The maximum Gasteiger partial charge on any atom is 0.210 e. The summed E-state index contributed by atoms with van der Waals surface area (Å²) in [4.78, 5) is 3.91. The van der Waals surface area contributed by atoms with Crippen LogP contribution in [0.2, 0.25) is 5.02 Å². The Balaban J connectivity index is 3.07. The van der Waals surface area contributed by atoms with Crippen molar-refractivity contribution in [3.63, 3.8) is 0 Å². The Bertz CT molecular complexity index is 406. The second-order valence-corrected chi connectivity index (χ2v) is 3.55. The van der Waals surface area contributed by atoms with E-state index < -0.39 is 0 Å². The van der Waals surface area contributed by atoms with Crippen molar-refractivity contribution in [1.29, 1.82) is 0 Å². The second kappa shape index (κ2) is 5.58. The van der Waals surface area contributed by atoms with Crippen LogP contribution < -0.4 is 21.3 Å². The molecule has 1 rings (SSSR count). The summed E-state index contributed by atoms with van der Waals surface area (Å²) in [6.07, 6.45) is 0. The van der Waals surface area contributed by atoms with E-state index >= 15 is 0 Å². The molecule has 0 aliphatic rings. The molecule has 0 fully saturated rings. The molecule has 0 aromatic heterocycles. The van der Waals surface area contributed by atoms with E-state index in [1.54, 1.807) is 20.2 Å². The Hall–Kier alpha value is -1.46. The monoisotopic (exact) mass is 242 g/mol. The van der Waals surface area contributed by atoms with Gasteiger partial charge in [0.2, 0.25) is 5.96 Å². The summed E-state index contributed by atoms with van der Waals surface area (Å²) < 4.78 is 5.20. The highest BCUT2D eigenvalue weighted by atomic mass is 35.5. The number of halogens is 1. The molecule has 5 nitrogen and oxygen atoms in total. The van der Waals surface area contributed by atoms with Crippen molar-refractivity contribution in [2.24, 2.45) is 10.8 Å². The molecule has 0 saturated heterocycles. The van der Waals surface area contributed by atoms with Gasteiger partial charge in [-0.25, -0.2) is 5.84 Å². The third kappa shape index (κ3) is 2.77. The Morgan fingerprint density at radius 3 is 2.69 bits per heavy atom. The summed E-state index contributed by atoms with van der Waals surface area (Å²) in [6.45, 7) is 1.91. The Kier molecular flexibility index (Phi) is 4.39. The van der Waals surface area contributed by atoms with E-state index in [2.05, 4.69) is 15.7 Å². The molecule has 16 heavy (non-hydrogen) atoms. The highest BCUT2D eigenvalue weighted by molar-refractivity contribution is 6.31. The minimum absolute atomic E-state index is 0.444. The third-order valence-corrected chi connectivity index (χ3v) is 2.50. The maximum atomic E-state index is 5.99. The molecule has 0 saturated carbocycles. The number of nitrogens with zero attached hydrogens (tertiary/aromatic N) is 1. The summed E-state index contributed by atoms with van der Waals surface area (Å²) in [7, 11) is 3.20. The number of benzene rings is 1. The van der Waals surface area contributed by atoms with Crippen LogP contribution in [-0.4, -0.2) is 20.1 Å². The number of ether oxygens (including phenoxy) is 1. The minimum atomic E-state index is 0.444. The van der Waals surface area contributed by atoms with Gasteiger partial charge in [-0.15, -0.1) is 0 Å². The van der Waals surface area contributed by atoms with Crippen LogP contribution in [0.25, 0.3) is 0 Å². The van der Waals surface area contributed by atoms with Crippen LogP contribution in [-0.2, 0) is 0 Å². The lowest BCUT2D eigenvalue weighted by atomic mass is 10.2. The molecule has 0 heterocycles. The average molecular weight is 243 g/mol. The fourth-order valence-corrected chi connectivity index (χ4v) is 1.37. The van der Waals surface area contributed by atoms with Gasteiger partial charge in [0.15, 0.2) is 0 Å². The number of anilines is 1. The van der Waals surface area contributed by atoms with Gasteiger partial charge in [0.1, 0.15) is 5.75 Å². The lowest BCUT2D eigenvalue weighted by molar-refractivity contribution is 0.417. The quantitative estimate of drug-likeness (QED) is 0.318. The molecule has 6 heteroatoms. The first-order valence-electron chi connectivity index (χ1n) is 4.67. The molecule has 1 aromatic carbocycles. The Morgan fingerprint density at radius 2 is 2.19 bits per heavy atom. The van der Waals surface area contributed by atoms with Crippen molar-refractivity contribution in [3.8, 4) is 5.75 Å². The summed E-state index contributed by atoms with van der Waals surface area (Å²) in [5, 5.41) is 3.65. The summed E-state index contributed by atoms with van der Waals surface area (Å²) in [5.74, 6) is 6.36. The van der Waals surface area contributed by atoms with Gasteiger partial charge in [0, 0.05) is 18.1 Å². The van der Waals surface area contributed by atoms with Gasteiger partial charge in [0.05, 0.1) is 12.8 Å². The zero-order valence-corrected chi connectivity index (χ0v) is 10.2. The first-order chi connectivity index (χ1) is 7.62. The molecule has 88 valence electrons. The van der Waals surface area contributed by atoms with E-state index in [0.29, 0.717) is 16.7 Å². The van der Waals surface area contributed by atoms with Crippen LogP contribution in [0.3, 0.4) is 0 Å². The first-order valence-corrected chi connectivity index (χ1v) is 5.04. The number of hydrazine groups is 1. The maximum absolute atomic E-state index is 5.99. The van der Waals surface area contributed by atoms with Crippen molar-refractivity contribution in [3.05, 3.63) is 22.7 Å². The van der Waals surface area contributed by atoms with Crippen molar-refractivity contribution >= 4 is 23.2 Å². The molecule has 0 radical (unpaired) electrons. The molecule has 4 N–H and O–H groups in total. The van der Waals surface area contributed by atoms with E-state index in [1.807, 2.05) is 13.0 Å². The van der Waals surface area contributed by atoms with Gasteiger partial charge in [-0.1, -0.05) is 11.6 Å². The molecule has 1 aromatic rings. The number of guanidine groups is 1. The lowest BCUT2D eigenvalue weighted by Crippen LogP contribution is -2.36. The zero-order valence-electron chi connectivity index (χ0n) is 9.47. The fraction of sp³-hybridized carbons (Fsp3) is 0.300. The van der Waals surface area contributed by atoms with Gasteiger partial charge < -0.3 is 10.1 Å². The Morgan fingerprint density at radius 1 is 1.50 bits per heavy atom. The highest BCUT2D eigenvalue weighted by Gasteiger charge is 2.08.